The topological polar surface area (TPSA) is 65.3 Å². The van der Waals surface area contributed by atoms with E-state index in [0.29, 0.717) is 0 Å². The number of hydrogen-bond acceptors (Lipinski definition) is 6. The summed E-state index contributed by atoms with van der Waals surface area (Å²) < 4.78 is 12.7. The SMILES string of the molecule is COc1cc2c(cc1OC)CN(CCCc1nnnn1-c1ccccc1)CC2. The molecule has 2 aromatic carbocycles. The second-order valence-corrected chi connectivity index (χ2v) is 6.95. The van der Waals surface area contributed by atoms with E-state index in [1.807, 2.05) is 35.0 Å². The summed E-state index contributed by atoms with van der Waals surface area (Å²) in [4.78, 5) is 2.48. The van der Waals surface area contributed by atoms with Crippen molar-refractivity contribution in [1.29, 1.82) is 0 Å². The molecule has 3 aromatic rings. The third-order valence-electron chi connectivity index (χ3n) is 5.21. The van der Waals surface area contributed by atoms with Gasteiger partial charge in [0.15, 0.2) is 17.3 Å². The molecule has 0 amide bonds. The molecule has 0 unspecified atom stereocenters. The summed E-state index contributed by atoms with van der Waals surface area (Å²) >= 11 is 0. The highest BCUT2D eigenvalue weighted by atomic mass is 16.5. The predicted octanol–water partition coefficient (Wildman–Crippen LogP) is 2.67. The first kappa shape index (κ1) is 18.4. The Hall–Kier alpha value is -2.93. The van der Waals surface area contributed by atoms with Gasteiger partial charge in [0.25, 0.3) is 0 Å². The number of benzene rings is 2. The molecule has 1 aromatic heterocycles. The summed E-state index contributed by atoms with van der Waals surface area (Å²) in [6, 6.07) is 14.2. The van der Waals surface area contributed by atoms with Gasteiger partial charge < -0.3 is 9.47 Å². The van der Waals surface area contributed by atoms with Crippen molar-refractivity contribution in [2.45, 2.75) is 25.8 Å². The molecule has 7 nitrogen and oxygen atoms in total. The Morgan fingerprint density at radius 2 is 1.75 bits per heavy atom. The Balaban J connectivity index is 1.37. The number of hydrogen-bond donors (Lipinski definition) is 0. The lowest BCUT2D eigenvalue weighted by Gasteiger charge is -2.29. The number of methoxy groups -OCH3 is 2. The average molecular weight is 379 g/mol. The Kier molecular flexibility index (Phi) is 5.53. The number of nitrogens with zero attached hydrogens (tertiary/aromatic N) is 5. The monoisotopic (exact) mass is 379 g/mol. The van der Waals surface area contributed by atoms with Gasteiger partial charge in [0, 0.05) is 19.5 Å². The number of aromatic nitrogens is 4. The first-order chi connectivity index (χ1) is 13.8. The lowest BCUT2D eigenvalue weighted by atomic mass is 9.98. The Labute approximate surface area is 164 Å². The third-order valence-corrected chi connectivity index (χ3v) is 5.21. The highest BCUT2D eigenvalue weighted by Gasteiger charge is 2.19. The predicted molar refractivity (Wildman–Crippen MR) is 106 cm³/mol. The molecule has 0 radical (unpaired) electrons. The van der Waals surface area contributed by atoms with Crippen molar-refractivity contribution in [2.24, 2.45) is 0 Å². The van der Waals surface area contributed by atoms with Crippen LogP contribution in [-0.4, -0.2) is 52.4 Å². The zero-order chi connectivity index (χ0) is 19.3. The van der Waals surface area contributed by atoms with Crippen molar-refractivity contribution in [3.63, 3.8) is 0 Å². The minimum absolute atomic E-state index is 0.796. The van der Waals surface area contributed by atoms with Crippen LogP contribution < -0.4 is 9.47 Å². The normalized spacial score (nSPS) is 13.9. The van der Waals surface area contributed by atoms with Crippen molar-refractivity contribution in [1.82, 2.24) is 25.1 Å². The molecular formula is C21H25N5O2. The minimum atomic E-state index is 0.796. The fourth-order valence-corrected chi connectivity index (χ4v) is 3.72. The van der Waals surface area contributed by atoms with Crippen molar-refractivity contribution in [3.05, 3.63) is 59.4 Å². The fraction of sp³-hybridized carbons (Fsp3) is 0.381. The van der Waals surface area contributed by atoms with E-state index < -0.39 is 0 Å². The van der Waals surface area contributed by atoms with Crippen LogP contribution in [0.2, 0.25) is 0 Å². The lowest BCUT2D eigenvalue weighted by molar-refractivity contribution is 0.249. The van der Waals surface area contributed by atoms with Crippen molar-refractivity contribution >= 4 is 0 Å². The van der Waals surface area contributed by atoms with E-state index in [-0.39, 0.29) is 0 Å². The number of rotatable bonds is 7. The highest BCUT2D eigenvalue weighted by molar-refractivity contribution is 5.48. The van der Waals surface area contributed by atoms with E-state index in [2.05, 4.69) is 32.6 Å². The van der Waals surface area contributed by atoms with Gasteiger partial charge >= 0.3 is 0 Å². The van der Waals surface area contributed by atoms with Crippen LogP contribution >= 0.6 is 0 Å². The second kappa shape index (κ2) is 8.39. The first-order valence-corrected chi connectivity index (χ1v) is 9.57. The number of fused-ring (bicyclic) bond motifs is 1. The summed E-state index contributed by atoms with van der Waals surface area (Å²) in [6.07, 6.45) is 2.88. The van der Waals surface area contributed by atoms with Crippen LogP contribution in [0.3, 0.4) is 0 Å². The van der Waals surface area contributed by atoms with Crippen LogP contribution in [0.15, 0.2) is 42.5 Å². The summed E-state index contributed by atoms with van der Waals surface area (Å²) in [5, 5.41) is 12.2. The molecule has 1 aliphatic heterocycles. The minimum Gasteiger partial charge on any atom is -0.493 e. The zero-order valence-corrected chi connectivity index (χ0v) is 16.3. The van der Waals surface area contributed by atoms with Gasteiger partial charge in [0.2, 0.25) is 0 Å². The third kappa shape index (κ3) is 3.84. The quantitative estimate of drug-likeness (QED) is 0.629. The van der Waals surface area contributed by atoms with Crippen LogP contribution in [0, 0.1) is 0 Å². The van der Waals surface area contributed by atoms with Crippen LogP contribution in [0.1, 0.15) is 23.4 Å². The van der Waals surface area contributed by atoms with Gasteiger partial charge in [0.1, 0.15) is 0 Å². The molecule has 1 aliphatic rings. The molecule has 0 aliphatic carbocycles. The van der Waals surface area contributed by atoms with Gasteiger partial charge in [-0.3, -0.25) is 4.90 Å². The number of para-hydroxylation sites is 1. The molecule has 0 N–H and O–H groups in total. The maximum atomic E-state index is 5.45. The molecule has 0 spiro atoms. The largest absolute Gasteiger partial charge is 0.493 e. The maximum Gasteiger partial charge on any atom is 0.161 e. The maximum absolute atomic E-state index is 5.45. The Bertz CT molecular complexity index is 926. The molecular weight excluding hydrogens is 354 g/mol. The van der Waals surface area contributed by atoms with Gasteiger partial charge in [-0.15, -0.1) is 5.10 Å². The van der Waals surface area contributed by atoms with Crippen molar-refractivity contribution in [3.8, 4) is 17.2 Å². The smallest absolute Gasteiger partial charge is 0.161 e. The summed E-state index contributed by atoms with van der Waals surface area (Å²) in [6.45, 7) is 2.99. The van der Waals surface area contributed by atoms with Gasteiger partial charge in [-0.25, -0.2) is 0 Å². The van der Waals surface area contributed by atoms with Gasteiger partial charge in [-0.1, -0.05) is 18.2 Å². The molecule has 0 atom stereocenters. The van der Waals surface area contributed by atoms with Crippen LogP contribution in [0.25, 0.3) is 5.69 Å². The molecule has 4 rings (SSSR count). The van der Waals surface area contributed by atoms with E-state index in [1.165, 1.54) is 11.1 Å². The first-order valence-electron chi connectivity index (χ1n) is 9.57. The van der Waals surface area contributed by atoms with E-state index in [9.17, 15) is 0 Å². The lowest BCUT2D eigenvalue weighted by Crippen LogP contribution is -2.31. The van der Waals surface area contributed by atoms with E-state index >= 15 is 0 Å². The molecule has 146 valence electrons. The number of aryl methyl sites for hydroxylation is 1. The number of tetrazole rings is 1. The van der Waals surface area contributed by atoms with E-state index in [1.54, 1.807) is 14.2 Å². The molecule has 0 fully saturated rings. The summed E-state index contributed by atoms with van der Waals surface area (Å²) in [7, 11) is 3.37. The Morgan fingerprint density at radius 1 is 1.00 bits per heavy atom. The highest BCUT2D eigenvalue weighted by Crippen LogP contribution is 2.33. The standard InChI is InChI=1S/C21H25N5O2/c1-27-19-13-16-10-12-25(15-17(16)14-20(19)28-2)11-6-9-21-22-23-24-26(21)18-7-4-3-5-8-18/h3-5,7-8,13-14H,6,9-12,15H2,1-2H3. The van der Waals surface area contributed by atoms with E-state index in [4.69, 9.17) is 9.47 Å². The fourth-order valence-electron chi connectivity index (χ4n) is 3.72. The second-order valence-electron chi connectivity index (χ2n) is 6.95. The Morgan fingerprint density at radius 3 is 2.50 bits per heavy atom. The molecule has 0 saturated carbocycles. The number of ether oxygens (including phenoxy) is 2. The molecule has 7 heteroatoms. The van der Waals surface area contributed by atoms with Gasteiger partial charge in [-0.05, 0) is 65.2 Å². The molecule has 28 heavy (non-hydrogen) atoms. The zero-order valence-electron chi connectivity index (χ0n) is 16.3. The van der Waals surface area contributed by atoms with E-state index in [0.717, 1.165) is 61.9 Å². The molecule has 0 bridgehead atoms. The molecule has 0 saturated heterocycles. The summed E-state index contributed by atoms with van der Waals surface area (Å²) in [5.41, 5.74) is 3.66. The van der Waals surface area contributed by atoms with Crippen molar-refractivity contribution < 1.29 is 9.47 Å². The van der Waals surface area contributed by atoms with Gasteiger partial charge in [-0.2, -0.15) is 4.68 Å². The summed E-state index contributed by atoms with van der Waals surface area (Å²) in [5.74, 6) is 2.50. The average Bonchev–Trinajstić information content (AvgIpc) is 3.21. The van der Waals surface area contributed by atoms with Gasteiger partial charge in [0.05, 0.1) is 19.9 Å². The van der Waals surface area contributed by atoms with Crippen LogP contribution in [-0.2, 0) is 19.4 Å². The molecule has 2 heterocycles. The van der Waals surface area contributed by atoms with Crippen LogP contribution in [0.5, 0.6) is 11.5 Å². The van der Waals surface area contributed by atoms with Crippen LogP contribution in [0.4, 0.5) is 0 Å². The van der Waals surface area contributed by atoms with Crippen molar-refractivity contribution in [2.75, 3.05) is 27.3 Å².